The Morgan fingerprint density at radius 3 is 2.52 bits per heavy atom. The van der Waals surface area contributed by atoms with Crippen LogP contribution in [-0.2, 0) is 0 Å². The van der Waals surface area contributed by atoms with Crippen molar-refractivity contribution >= 4 is 27.5 Å². The molecule has 2 aromatic carbocycles. The quantitative estimate of drug-likeness (QED) is 0.732. The maximum Gasteiger partial charge on any atom is 0.137 e. The summed E-state index contributed by atoms with van der Waals surface area (Å²) in [6, 6.07) is 8.93. The Labute approximate surface area is 136 Å². The van der Waals surface area contributed by atoms with Crippen LogP contribution >= 0.6 is 27.5 Å². The summed E-state index contributed by atoms with van der Waals surface area (Å²) in [7, 11) is 0. The normalized spacial score (nSPS) is 12.4. The van der Waals surface area contributed by atoms with E-state index in [0.717, 1.165) is 6.42 Å². The number of benzene rings is 2. The van der Waals surface area contributed by atoms with Crippen LogP contribution in [0.3, 0.4) is 0 Å². The van der Waals surface area contributed by atoms with Crippen molar-refractivity contribution in [2.75, 3.05) is 6.54 Å². The fourth-order valence-corrected chi connectivity index (χ4v) is 2.53. The van der Waals surface area contributed by atoms with Crippen LogP contribution in [0.4, 0.5) is 8.78 Å². The summed E-state index contributed by atoms with van der Waals surface area (Å²) in [5.74, 6) is -0.774. The van der Waals surface area contributed by atoms with Gasteiger partial charge in [0.1, 0.15) is 11.6 Å². The lowest BCUT2D eigenvalue weighted by Crippen LogP contribution is -2.24. The summed E-state index contributed by atoms with van der Waals surface area (Å²) in [5, 5.41) is 3.58. The zero-order chi connectivity index (χ0) is 15.4. The lowest BCUT2D eigenvalue weighted by atomic mass is 9.98. The molecule has 1 N–H and O–H groups in total. The van der Waals surface area contributed by atoms with Crippen LogP contribution in [-0.4, -0.2) is 6.54 Å². The van der Waals surface area contributed by atoms with E-state index in [1.54, 1.807) is 24.3 Å². The summed E-state index contributed by atoms with van der Waals surface area (Å²) < 4.78 is 28.3. The molecule has 0 aliphatic carbocycles. The van der Waals surface area contributed by atoms with Gasteiger partial charge >= 0.3 is 0 Å². The highest BCUT2D eigenvalue weighted by atomic mass is 79.9. The van der Waals surface area contributed by atoms with Crippen LogP contribution in [0.5, 0.6) is 0 Å². The predicted molar refractivity (Wildman–Crippen MR) is 85.6 cm³/mol. The van der Waals surface area contributed by atoms with E-state index in [1.807, 2.05) is 6.92 Å². The van der Waals surface area contributed by atoms with Crippen molar-refractivity contribution < 1.29 is 8.78 Å². The van der Waals surface area contributed by atoms with E-state index >= 15 is 0 Å². The molecule has 0 heterocycles. The van der Waals surface area contributed by atoms with Crippen molar-refractivity contribution in [3.63, 3.8) is 0 Å². The molecule has 0 bridgehead atoms. The highest BCUT2D eigenvalue weighted by Crippen LogP contribution is 2.28. The molecular formula is C16H15BrClF2N. The van der Waals surface area contributed by atoms with Crippen LogP contribution in [0.25, 0.3) is 0 Å². The summed E-state index contributed by atoms with van der Waals surface area (Å²) in [4.78, 5) is 0. The van der Waals surface area contributed by atoms with Gasteiger partial charge < -0.3 is 5.32 Å². The molecule has 0 aromatic heterocycles. The average molecular weight is 375 g/mol. The fraction of sp³-hybridized carbons (Fsp3) is 0.250. The zero-order valence-electron chi connectivity index (χ0n) is 11.5. The van der Waals surface area contributed by atoms with Gasteiger partial charge in [-0.2, -0.15) is 0 Å². The van der Waals surface area contributed by atoms with Gasteiger partial charge in [0.15, 0.2) is 0 Å². The zero-order valence-corrected chi connectivity index (χ0v) is 13.8. The second-order valence-electron chi connectivity index (χ2n) is 4.73. The molecule has 0 saturated carbocycles. The van der Waals surface area contributed by atoms with E-state index in [4.69, 9.17) is 11.6 Å². The third kappa shape index (κ3) is 4.02. The van der Waals surface area contributed by atoms with E-state index in [9.17, 15) is 8.78 Å². The maximum atomic E-state index is 14.2. The van der Waals surface area contributed by atoms with Crippen molar-refractivity contribution in [2.45, 2.75) is 19.4 Å². The lowest BCUT2D eigenvalue weighted by Gasteiger charge is -2.20. The highest BCUT2D eigenvalue weighted by molar-refractivity contribution is 9.10. The first kappa shape index (κ1) is 16.4. The van der Waals surface area contributed by atoms with Gasteiger partial charge in [0.2, 0.25) is 0 Å². The Morgan fingerprint density at radius 1 is 1.14 bits per heavy atom. The Kier molecular flexibility index (Phi) is 5.73. The molecule has 2 rings (SSSR count). The smallest absolute Gasteiger partial charge is 0.137 e. The van der Waals surface area contributed by atoms with Gasteiger partial charge in [0.05, 0.1) is 10.5 Å². The Bertz CT molecular complexity index is 634. The first-order valence-corrected chi connectivity index (χ1v) is 7.83. The fourth-order valence-electron chi connectivity index (χ4n) is 2.12. The molecule has 0 aliphatic rings. The number of rotatable bonds is 5. The summed E-state index contributed by atoms with van der Waals surface area (Å²) in [5.41, 5.74) is 1.12. The summed E-state index contributed by atoms with van der Waals surface area (Å²) in [6.45, 7) is 2.72. The molecule has 0 radical (unpaired) electrons. The third-order valence-electron chi connectivity index (χ3n) is 3.15. The molecule has 0 aliphatic heterocycles. The first-order chi connectivity index (χ1) is 10.0. The number of hydrogen-bond donors (Lipinski definition) is 1. The molecule has 2 aromatic rings. The molecule has 1 atom stereocenters. The largest absolute Gasteiger partial charge is 0.306 e. The predicted octanol–water partition coefficient (Wildman–Crippen LogP) is 5.47. The first-order valence-electron chi connectivity index (χ1n) is 6.66. The molecule has 0 fully saturated rings. The van der Waals surface area contributed by atoms with Crippen LogP contribution < -0.4 is 5.32 Å². The lowest BCUT2D eigenvalue weighted by molar-refractivity contribution is 0.542. The van der Waals surface area contributed by atoms with Crippen molar-refractivity contribution in [1.82, 2.24) is 5.32 Å². The van der Waals surface area contributed by atoms with E-state index in [0.29, 0.717) is 27.2 Å². The molecule has 1 nitrogen and oxygen atoms in total. The van der Waals surface area contributed by atoms with Crippen LogP contribution in [0.15, 0.2) is 40.9 Å². The second kappa shape index (κ2) is 7.34. The molecule has 1 unspecified atom stereocenters. The van der Waals surface area contributed by atoms with Crippen LogP contribution in [0.2, 0.25) is 5.02 Å². The topological polar surface area (TPSA) is 12.0 Å². The molecule has 21 heavy (non-hydrogen) atoms. The number of halogens is 4. The standard InChI is InChI=1S/C16H15BrClF2N/c1-2-7-21-16(10-3-6-13(17)15(20)8-10)12-5-4-11(18)9-14(12)19/h3-6,8-9,16,21H,2,7H2,1H3. The van der Waals surface area contributed by atoms with E-state index in [1.165, 1.54) is 12.1 Å². The van der Waals surface area contributed by atoms with Crippen LogP contribution in [0.1, 0.15) is 30.5 Å². The van der Waals surface area contributed by atoms with Gasteiger partial charge in [-0.15, -0.1) is 0 Å². The summed E-state index contributed by atoms with van der Waals surface area (Å²) >= 11 is 8.92. The Morgan fingerprint density at radius 2 is 1.90 bits per heavy atom. The molecule has 5 heteroatoms. The van der Waals surface area contributed by atoms with Gasteiger partial charge in [0, 0.05) is 10.6 Å². The number of nitrogens with one attached hydrogen (secondary N) is 1. The van der Waals surface area contributed by atoms with E-state index in [-0.39, 0.29) is 5.82 Å². The average Bonchev–Trinajstić information content (AvgIpc) is 2.44. The second-order valence-corrected chi connectivity index (χ2v) is 6.02. The highest BCUT2D eigenvalue weighted by Gasteiger charge is 2.18. The summed E-state index contributed by atoms with van der Waals surface area (Å²) in [6.07, 6.45) is 0.894. The Balaban J connectivity index is 2.44. The minimum atomic E-state index is -0.412. The number of hydrogen-bond acceptors (Lipinski definition) is 1. The molecule has 0 amide bonds. The van der Waals surface area contributed by atoms with Gasteiger partial charge in [-0.05, 0) is 58.7 Å². The van der Waals surface area contributed by atoms with Crippen molar-refractivity contribution in [2.24, 2.45) is 0 Å². The van der Waals surface area contributed by atoms with Crippen molar-refractivity contribution in [1.29, 1.82) is 0 Å². The van der Waals surface area contributed by atoms with Crippen molar-refractivity contribution in [3.8, 4) is 0 Å². The molecule has 0 spiro atoms. The maximum absolute atomic E-state index is 14.2. The Hall–Kier alpha value is -0.970. The van der Waals surface area contributed by atoms with Gasteiger partial charge in [0.25, 0.3) is 0 Å². The van der Waals surface area contributed by atoms with E-state index < -0.39 is 11.9 Å². The van der Waals surface area contributed by atoms with Gasteiger partial charge in [-0.3, -0.25) is 0 Å². The van der Waals surface area contributed by atoms with Crippen LogP contribution in [0, 0.1) is 11.6 Å². The molecule has 0 saturated heterocycles. The molecular weight excluding hydrogens is 360 g/mol. The minimum Gasteiger partial charge on any atom is -0.306 e. The monoisotopic (exact) mass is 373 g/mol. The SMILES string of the molecule is CCCNC(c1ccc(Br)c(F)c1)c1ccc(Cl)cc1F. The van der Waals surface area contributed by atoms with Gasteiger partial charge in [-0.1, -0.05) is 30.7 Å². The van der Waals surface area contributed by atoms with E-state index in [2.05, 4.69) is 21.2 Å². The third-order valence-corrected chi connectivity index (χ3v) is 4.03. The van der Waals surface area contributed by atoms with Crippen molar-refractivity contribution in [3.05, 3.63) is 68.7 Å². The molecule has 112 valence electrons. The minimum absolute atomic E-state index is 0.340. The van der Waals surface area contributed by atoms with Gasteiger partial charge in [-0.25, -0.2) is 8.78 Å².